The van der Waals surface area contributed by atoms with Gasteiger partial charge in [-0.15, -0.1) is 10.2 Å². The van der Waals surface area contributed by atoms with Crippen LogP contribution in [0.1, 0.15) is 5.82 Å². The van der Waals surface area contributed by atoms with Crippen LogP contribution in [0.4, 0.5) is 5.69 Å². The van der Waals surface area contributed by atoms with Gasteiger partial charge in [-0.25, -0.2) is 0 Å². The average molecular weight is 425 g/mol. The van der Waals surface area contributed by atoms with E-state index in [0.717, 1.165) is 27.0 Å². The average Bonchev–Trinajstić information content (AvgIpc) is 3.29. The van der Waals surface area contributed by atoms with Gasteiger partial charge in [0.05, 0.1) is 0 Å². The summed E-state index contributed by atoms with van der Waals surface area (Å²) in [5.74, 6) is 1.01. The van der Waals surface area contributed by atoms with E-state index in [9.17, 15) is 4.79 Å². The Morgan fingerprint density at radius 2 is 2.00 bits per heavy atom. The van der Waals surface area contributed by atoms with E-state index in [1.807, 2.05) is 49.4 Å². The molecule has 0 bridgehead atoms. The Morgan fingerprint density at radius 1 is 1.17 bits per heavy atom. The Kier molecular flexibility index (Phi) is 5.45. The molecule has 8 nitrogen and oxygen atoms in total. The Labute approximate surface area is 175 Å². The Bertz CT molecular complexity index is 1170. The van der Waals surface area contributed by atoms with E-state index in [1.54, 1.807) is 16.6 Å². The number of hydrogen-bond acceptors (Lipinski definition) is 7. The molecule has 2 N–H and O–H groups in total. The molecule has 1 amide bonds. The van der Waals surface area contributed by atoms with Gasteiger partial charge >= 0.3 is 0 Å². The summed E-state index contributed by atoms with van der Waals surface area (Å²) in [6.45, 7) is 1.72. The third kappa shape index (κ3) is 4.55. The van der Waals surface area contributed by atoms with E-state index in [1.165, 1.54) is 11.3 Å². The Hall–Kier alpha value is -3.37. The number of carbonyl (C=O) groups is 1. The fourth-order valence-electron chi connectivity index (χ4n) is 2.55. The standard InChI is InChI=1S/C19H16N6O2S2/c1-12-22-23-19-25(12)24-17(29-19)13-6-5-7-14(10-13)20-18(28)21-16(26)11-27-15-8-3-2-4-9-15/h2-10H,11H2,1H3,(H2,20,21,26,28). The van der Waals surface area contributed by atoms with Gasteiger partial charge in [-0.3, -0.25) is 10.1 Å². The molecule has 0 saturated heterocycles. The number of hydrogen-bond donors (Lipinski definition) is 2. The first-order chi connectivity index (χ1) is 14.1. The zero-order chi connectivity index (χ0) is 20.2. The summed E-state index contributed by atoms with van der Waals surface area (Å²) in [6.07, 6.45) is 0. The molecule has 4 rings (SSSR count). The number of aryl methyl sites for hydroxylation is 1. The molecule has 0 unspecified atom stereocenters. The first kappa shape index (κ1) is 19.0. The van der Waals surface area contributed by atoms with E-state index in [2.05, 4.69) is 25.9 Å². The van der Waals surface area contributed by atoms with E-state index in [4.69, 9.17) is 17.0 Å². The smallest absolute Gasteiger partial charge is 0.264 e. The van der Waals surface area contributed by atoms with Gasteiger partial charge in [-0.2, -0.15) is 9.61 Å². The lowest BCUT2D eigenvalue weighted by atomic mass is 10.2. The van der Waals surface area contributed by atoms with Gasteiger partial charge in [0.1, 0.15) is 10.8 Å². The summed E-state index contributed by atoms with van der Waals surface area (Å²) in [7, 11) is 0. The lowest BCUT2D eigenvalue weighted by Gasteiger charge is -2.11. The highest BCUT2D eigenvalue weighted by Gasteiger charge is 2.11. The first-order valence-corrected chi connectivity index (χ1v) is 9.89. The van der Waals surface area contributed by atoms with Crippen LogP contribution in [-0.2, 0) is 4.79 Å². The third-order valence-corrected chi connectivity index (χ3v) is 5.03. The van der Waals surface area contributed by atoms with Crippen molar-refractivity contribution < 1.29 is 9.53 Å². The maximum Gasteiger partial charge on any atom is 0.264 e. The molecule has 0 saturated carbocycles. The molecular weight excluding hydrogens is 408 g/mol. The molecule has 2 aromatic heterocycles. The summed E-state index contributed by atoms with van der Waals surface area (Å²) in [5.41, 5.74) is 1.64. The Morgan fingerprint density at radius 3 is 2.79 bits per heavy atom. The lowest BCUT2D eigenvalue weighted by molar-refractivity contribution is -0.121. The number of benzene rings is 2. The molecule has 4 aromatic rings. The number of nitrogens with one attached hydrogen (secondary N) is 2. The highest BCUT2D eigenvalue weighted by Crippen LogP contribution is 2.27. The molecule has 2 heterocycles. The number of carbonyl (C=O) groups excluding carboxylic acids is 1. The number of nitrogens with zero attached hydrogens (tertiary/aromatic N) is 4. The van der Waals surface area contributed by atoms with Crippen LogP contribution in [0.2, 0.25) is 0 Å². The van der Waals surface area contributed by atoms with Crippen molar-refractivity contribution >= 4 is 45.2 Å². The summed E-state index contributed by atoms with van der Waals surface area (Å²) < 4.78 is 7.11. The number of ether oxygens (including phenoxy) is 1. The molecular formula is C19H16N6O2S2. The number of rotatable bonds is 5. The number of fused-ring (bicyclic) bond motifs is 1. The summed E-state index contributed by atoms with van der Waals surface area (Å²) in [5, 5.41) is 19.2. The molecule has 0 spiro atoms. The lowest BCUT2D eigenvalue weighted by Crippen LogP contribution is -2.37. The number of anilines is 1. The van der Waals surface area contributed by atoms with E-state index in [-0.39, 0.29) is 17.6 Å². The summed E-state index contributed by atoms with van der Waals surface area (Å²) in [6, 6.07) is 16.7. The van der Waals surface area contributed by atoms with Crippen LogP contribution in [-0.4, -0.2) is 37.4 Å². The van der Waals surface area contributed by atoms with Crippen molar-refractivity contribution in [1.29, 1.82) is 0 Å². The minimum absolute atomic E-state index is 0.127. The molecule has 0 fully saturated rings. The van der Waals surface area contributed by atoms with Crippen molar-refractivity contribution in [2.45, 2.75) is 6.92 Å². The van der Waals surface area contributed by atoms with Crippen LogP contribution < -0.4 is 15.4 Å². The largest absolute Gasteiger partial charge is 0.484 e. The van der Waals surface area contributed by atoms with Gasteiger partial charge in [-0.1, -0.05) is 41.7 Å². The van der Waals surface area contributed by atoms with Crippen LogP contribution in [0.5, 0.6) is 5.75 Å². The van der Waals surface area contributed by atoms with Crippen molar-refractivity contribution in [2.24, 2.45) is 0 Å². The topological polar surface area (TPSA) is 93.4 Å². The van der Waals surface area contributed by atoms with Gasteiger partial charge in [0.25, 0.3) is 5.91 Å². The number of thiocarbonyl (C=S) groups is 1. The summed E-state index contributed by atoms with van der Waals surface area (Å²) in [4.78, 5) is 12.8. The second-order valence-electron chi connectivity index (χ2n) is 6.03. The van der Waals surface area contributed by atoms with E-state index >= 15 is 0 Å². The quantitative estimate of drug-likeness (QED) is 0.476. The van der Waals surface area contributed by atoms with Gasteiger partial charge < -0.3 is 10.1 Å². The minimum Gasteiger partial charge on any atom is -0.484 e. The molecule has 0 aliphatic carbocycles. The van der Waals surface area contributed by atoms with Gasteiger partial charge in [-0.05, 0) is 43.4 Å². The normalized spacial score (nSPS) is 10.7. The fraction of sp³-hybridized carbons (Fsp3) is 0.105. The van der Waals surface area contributed by atoms with Crippen molar-refractivity contribution in [1.82, 2.24) is 25.1 Å². The molecule has 0 aliphatic rings. The highest BCUT2D eigenvalue weighted by atomic mass is 32.1. The zero-order valence-electron chi connectivity index (χ0n) is 15.3. The molecule has 0 radical (unpaired) electrons. The van der Waals surface area contributed by atoms with Crippen LogP contribution in [0.15, 0.2) is 54.6 Å². The molecule has 0 atom stereocenters. The van der Waals surface area contributed by atoms with Crippen molar-refractivity contribution in [3.63, 3.8) is 0 Å². The van der Waals surface area contributed by atoms with Crippen LogP contribution >= 0.6 is 23.6 Å². The highest BCUT2D eigenvalue weighted by molar-refractivity contribution is 7.80. The Balaban J connectivity index is 1.37. The second-order valence-corrected chi connectivity index (χ2v) is 7.40. The van der Waals surface area contributed by atoms with Crippen molar-refractivity contribution in [3.8, 4) is 16.3 Å². The van der Waals surface area contributed by atoms with Gasteiger partial charge in [0.2, 0.25) is 4.96 Å². The minimum atomic E-state index is -0.341. The number of aromatic nitrogens is 4. The third-order valence-electron chi connectivity index (χ3n) is 3.88. The van der Waals surface area contributed by atoms with E-state index < -0.39 is 0 Å². The molecule has 2 aromatic carbocycles. The van der Waals surface area contributed by atoms with Gasteiger partial charge in [0, 0.05) is 11.3 Å². The van der Waals surface area contributed by atoms with Crippen LogP contribution in [0.25, 0.3) is 15.5 Å². The summed E-state index contributed by atoms with van der Waals surface area (Å²) >= 11 is 6.67. The molecule has 29 heavy (non-hydrogen) atoms. The maximum absolute atomic E-state index is 12.0. The molecule has 146 valence electrons. The monoisotopic (exact) mass is 424 g/mol. The number of amides is 1. The van der Waals surface area contributed by atoms with Crippen molar-refractivity contribution in [3.05, 3.63) is 60.4 Å². The van der Waals surface area contributed by atoms with E-state index in [0.29, 0.717) is 5.75 Å². The molecule has 0 aliphatic heterocycles. The second kappa shape index (κ2) is 8.33. The first-order valence-electron chi connectivity index (χ1n) is 8.66. The maximum atomic E-state index is 12.0. The number of para-hydroxylation sites is 1. The fourth-order valence-corrected chi connectivity index (χ4v) is 3.67. The van der Waals surface area contributed by atoms with Gasteiger partial charge in [0.15, 0.2) is 17.5 Å². The predicted octanol–water partition coefficient (Wildman–Crippen LogP) is 3.05. The zero-order valence-corrected chi connectivity index (χ0v) is 17.0. The SMILES string of the molecule is Cc1nnc2sc(-c3cccc(NC(=S)NC(=O)COc4ccccc4)c3)nn12. The van der Waals surface area contributed by atoms with Crippen LogP contribution in [0.3, 0.4) is 0 Å². The van der Waals surface area contributed by atoms with Crippen LogP contribution in [0, 0.1) is 6.92 Å². The van der Waals surface area contributed by atoms with Crippen molar-refractivity contribution in [2.75, 3.05) is 11.9 Å². The predicted molar refractivity (Wildman–Crippen MR) is 115 cm³/mol. The molecule has 10 heteroatoms.